The number of benzene rings is 1. The van der Waals surface area contributed by atoms with Crippen LogP contribution < -0.4 is 0 Å². The van der Waals surface area contributed by atoms with Gasteiger partial charge in [-0.05, 0) is 70.2 Å². The summed E-state index contributed by atoms with van der Waals surface area (Å²) < 4.78 is 6.27. The quantitative estimate of drug-likeness (QED) is 0.512. The number of carbonyl (C=O) groups is 2. The van der Waals surface area contributed by atoms with E-state index in [-0.39, 0.29) is 36.3 Å². The molecule has 1 saturated heterocycles. The molecule has 25 heavy (non-hydrogen) atoms. The monoisotopic (exact) mass is 427 g/mol. The van der Waals surface area contributed by atoms with Crippen LogP contribution in [0.5, 0.6) is 0 Å². The summed E-state index contributed by atoms with van der Waals surface area (Å²) in [5.74, 6) is -0.232. The zero-order valence-corrected chi connectivity index (χ0v) is 17.7. The molecule has 0 radical (unpaired) electrons. The van der Waals surface area contributed by atoms with Crippen molar-refractivity contribution < 1.29 is 14.3 Å². The van der Waals surface area contributed by atoms with Gasteiger partial charge in [0.2, 0.25) is 0 Å². The molecule has 1 amide bonds. The number of carbonyl (C=O) groups excluding carboxylic acids is 2. The van der Waals surface area contributed by atoms with Gasteiger partial charge in [-0.3, -0.25) is 9.59 Å². The van der Waals surface area contributed by atoms with Gasteiger partial charge < -0.3 is 9.64 Å². The number of hydrogen-bond donors (Lipinski definition) is 0. The molecule has 1 heterocycles. The first-order chi connectivity index (χ1) is 11.8. The van der Waals surface area contributed by atoms with Gasteiger partial charge in [0.1, 0.15) is 0 Å². The van der Waals surface area contributed by atoms with Crippen LogP contribution in [0.1, 0.15) is 44.2 Å². The number of nitrogens with zero attached hydrogens (tertiary/aromatic N) is 1. The number of aryl methyl sites for hydroxylation is 2. The molecule has 1 aliphatic rings. The normalized spacial score (nSPS) is 20.4. The van der Waals surface area contributed by atoms with Gasteiger partial charge in [0.05, 0.1) is 5.75 Å². The molecule has 2 atom stereocenters. The average molecular weight is 428 g/mol. The highest BCUT2D eigenvalue weighted by molar-refractivity contribution is 9.10. The molecule has 1 aliphatic heterocycles. The van der Waals surface area contributed by atoms with Crippen molar-refractivity contribution in [1.29, 1.82) is 0 Å². The largest absolute Gasteiger partial charge is 0.455 e. The van der Waals surface area contributed by atoms with E-state index in [4.69, 9.17) is 4.74 Å². The minimum absolute atomic E-state index is 0.0892. The summed E-state index contributed by atoms with van der Waals surface area (Å²) in [4.78, 5) is 27.3. The van der Waals surface area contributed by atoms with E-state index in [0.717, 1.165) is 39.8 Å². The lowest BCUT2D eigenvalue weighted by atomic mass is 9.97. The van der Waals surface area contributed by atoms with Crippen LogP contribution in [0.25, 0.3) is 0 Å². The van der Waals surface area contributed by atoms with Crippen LogP contribution in [0.4, 0.5) is 0 Å². The van der Waals surface area contributed by atoms with Crippen LogP contribution in [-0.4, -0.2) is 41.2 Å². The molecule has 0 aromatic heterocycles. The van der Waals surface area contributed by atoms with Gasteiger partial charge in [-0.25, -0.2) is 0 Å². The molecule has 4 nitrogen and oxygen atoms in total. The van der Waals surface area contributed by atoms with Crippen LogP contribution in [0.2, 0.25) is 0 Å². The Balaban J connectivity index is 1.82. The first-order valence-electron chi connectivity index (χ1n) is 8.66. The molecule has 0 bridgehead atoms. The molecule has 0 saturated carbocycles. The lowest BCUT2D eigenvalue weighted by Gasteiger charge is -2.38. The summed E-state index contributed by atoms with van der Waals surface area (Å²) in [6.45, 7) is 7.99. The van der Waals surface area contributed by atoms with E-state index in [1.165, 1.54) is 11.8 Å². The van der Waals surface area contributed by atoms with Crippen molar-refractivity contribution in [2.24, 2.45) is 0 Å². The first kappa shape index (κ1) is 20.3. The van der Waals surface area contributed by atoms with Crippen molar-refractivity contribution >= 4 is 39.6 Å². The zero-order valence-electron chi connectivity index (χ0n) is 15.3. The van der Waals surface area contributed by atoms with Gasteiger partial charge >= 0.3 is 5.97 Å². The highest BCUT2D eigenvalue weighted by atomic mass is 79.9. The maximum Gasteiger partial charge on any atom is 0.316 e. The van der Waals surface area contributed by atoms with Gasteiger partial charge in [-0.15, -0.1) is 11.8 Å². The fourth-order valence-corrected chi connectivity index (χ4v) is 4.58. The number of piperidine rings is 1. The van der Waals surface area contributed by atoms with Crippen LogP contribution >= 0.6 is 27.7 Å². The second kappa shape index (κ2) is 9.08. The van der Waals surface area contributed by atoms with Gasteiger partial charge in [-0.2, -0.15) is 0 Å². The summed E-state index contributed by atoms with van der Waals surface area (Å²) in [7, 11) is 0. The third-order valence-electron chi connectivity index (χ3n) is 4.64. The number of halogens is 1. The third kappa shape index (κ3) is 5.48. The summed E-state index contributed by atoms with van der Waals surface area (Å²) in [5.41, 5.74) is 2.24. The predicted octanol–water partition coefficient (Wildman–Crippen LogP) is 4.49. The van der Waals surface area contributed by atoms with E-state index < -0.39 is 0 Å². The van der Waals surface area contributed by atoms with Crippen molar-refractivity contribution in [1.82, 2.24) is 4.90 Å². The zero-order chi connectivity index (χ0) is 18.6. The summed E-state index contributed by atoms with van der Waals surface area (Å²) in [6.07, 6.45) is 3.18. The van der Waals surface area contributed by atoms with E-state index in [1.54, 1.807) is 0 Å². The number of esters is 1. The summed E-state index contributed by atoms with van der Waals surface area (Å²) in [6, 6.07) is 4.54. The van der Waals surface area contributed by atoms with Gasteiger partial charge in [-0.1, -0.05) is 15.9 Å². The lowest BCUT2D eigenvalue weighted by molar-refractivity contribution is -0.153. The molecular weight excluding hydrogens is 402 g/mol. The molecule has 138 valence electrons. The Morgan fingerprint density at radius 3 is 2.48 bits per heavy atom. The predicted molar refractivity (Wildman–Crippen MR) is 105 cm³/mol. The van der Waals surface area contributed by atoms with E-state index in [1.807, 2.05) is 24.8 Å². The smallest absolute Gasteiger partial charge is 0.316 e. The third-order valence-corrected chi connectivity index (χ3v) is 6.63. The van der Waals surface area contributed by atoms with Crippen molar-refractivity contribution in [3.8, 4) is 0 Å². The molecule has 2 rings (SSSR count). The van der Waals surface area contributed by atoms with Gasteiger partial charge in [0, 0.05) is 21.5 Å². The van der Waals surface area contributed by atoms with Crippen LogP contribution in [0.15, 0.2) is 21.5 Å². The minimum Gasteiger partial charge on any atom is -0.455 e. The molecule has 0 aliphatic carbocycles. The van der Waals surface area contributed by atoms with E-state index in [9.17, 15) is 9.59 Å². The number of likely N-dealkylation sites (tertiary alicyclic amines) is 1. The van der Waals surface area contributed by atoms with Crippen molar-refractivity contribution in [2.45, 2.75) is 63.9 Å². The summed E-state index contributed by atoms with van der Waals surface area (Å²) in [5, 5.41) is 0. The number of amides is 1. The van der Waals surface area contributed by atoms with Gasteiger partial charge in [0.25, 0.3) is 5.91 Å². The maximum atomic E-state index is 12.4. The SMILES string of the molecule is Cc1cc(SCC(=O)OCC(=O)N2C(C)CCCC2C)c(C)cc1Br. The van der Waals surface area contributed by atoms with E-state index in [0.29, 0.717) is 0 Å². The number of rotatable bonds is 5. The van der Waals surface area contributed by atoms with Crippen LogP contribution in [-0.2, 0) is 14.3 Å². The fraction of sp³-hybridized carbons (Fsp3) is 0.579. The Labute approximate surface area is 162 Å². The topological polar surface area (TPSA) is 46.6 Å². The molecule has 6 heteroatoms. The Bertz CT molecular complexity index is 640. The van der Waals surface area contributed by atoms with E-state index in [2.05, 4.69) is 35.8 Å². The average Bonchev–Trinajstić information content (AvgIpc) is 2.55. The molecule has 1 aromatic rings. The fourth-order valence-electron chi connectivity index (χ4n) is 3.22. The Morgan fingerprint density at radius 1 is 1.20 bits per heavy atom. The lowest BCUT2D eigenvalue weighted by Crippen LogP contribution is -2.49. The molecule has 0 N–H and O–H groups in total. The highest BCUT2D eigenvalue weighted by Gasteiger charge is 2.29. The standard InChI is InChI=1S/C19H26BrNO3S/c1-12-9-17(13(2)8-16(12)20)25-11-19(23)24-10-18(22)21-14(3)6-5-7-15(21)4/h8-9,14-15H,5-7,10-11H2,1-4H3. The van der Waals surface area contributed by atoms with E-state index >= 15 is 0 Å². The molecule has 2 unspecified atom stereocenters. The number of hydrogen-bond acceptors (Lipinski definition) is 4. The minimum atomic E-state index is -0.351. The van der Waals surface area contributed by atoms with Crippen molar-refractivity contribution in [2.75, 3.05) is 12.4 Å². The molecule has 1 aromatic carbocycles. The number of thioether (sulfide) groups is 1. The maximum absolute atomic E-state index is 12.4. The second-order valence-corrected chi connectivity index (χ2v) is 8.62. The second-order valence-electron chi connectivity index (χ2n) is 6.75. The van der Waals surface area contributed by atoms with Crippen LogP contribution in [0.3, 0.4) is 0 Å². The summed E-state index contributed by atoms with van der Waals surface area (Å²) >= 11 is 4.95. The first-order valence-corrected chi connectivity index (χ1v) is 10.4. The van der Waals surface area contributed by atoms with Gasteiger partial charge in [0.15, 0.2) is 6.61 Å². The highest BCUT2D eigenvalue weighted by Crippen LogP contribution is 2.28. The Kier molecular flexibility index (Phi) is 7.37. The Morgan fingerprint density at radius 2 is 1.84 bits per heavy atom. The van der Waals surface area contributed by atoms with Crippen LogP contribution in [0, 0.1) is 13.8 Å². The Hall–Kier alpha value is -1.01. The molecular formula is C19H26BrNO3S. The van der Waals surface area contributed by atoms with Crippen molar-refractivity contribution in [3.05, 3.63) is 27.7 Å². The number of ether oxygens (including phenoxy) is 1. The molecule has 0 spiro atoms. The molecule has 1 fully saturated rings. The van der Waals surface area contributed by atoms with Crippen molar-refractivity contribution in [3.63, 3.8) is 0 Å².